The molecule has 1 atom stereocenters. The van der Waals surface area contributed by atoms with E-state index in [1.54, 1.807) is 12.1 Å². The third-order valence-electron chi connectivity index (χ3n) is 2.54. The van der Waals surface area contributed by atoms with E-state index in [4.69, 9.17) is 0 Å². The summed E-state index contributed by atoms with van der Waals surface area (Å²) in [4.78, 5) is 3.57. The van der Waals surface area contributed by atoms with Gasteiger partial charge in [0.15, 0.2) is 0 Å². The summed E-state index contributed by atoms with van der Waals surface area (Å²) in [5.74, 6) is -0.0495. The van der Waals surface area contributed by atoms with Crippen LogP contribution in [0.15, 0.2) is 18.3 Å². The monoisotopic (exact) mass is 229 g/mol. The quantitative estimate of drug-likeness (QED) is 0.565. The molecule has 2 rings (SSSR count). The number of thioether (sulfide) groups is 1. The third kappa shape index (κ3) is 2.48. The summed E-state index contributed by atoms with van der Waals surface area (Å²) in [6, 6.07) is 3.32. The Morgan fingerprint density at radius 1 is 1.53 bits per heavy atom. The highest BCUT2D eigenvalue weighted by atomic mass is 32.2. The minimum absolute atomic E-state index is 0.153. The van der Waals surface area contributed by atoms with Crippen LogP contribution in [-0.4, -0.2) is 26.1 Å². The van der Waals surface area contributed by atoms with Crippen molar-refractivity contribution in [3.05, 3.63) is 29.8 Å². The molecule has 1 aromatic rings. The molecule has 1 saturated heterocycles. The van der Waals surface area contributed by atoms with Gasteiger partial charge in [0.2, 0.25) is 11.1 Å². The number of halogens is 1. The molecule has 0 bridgehead atoms. The molecule has 1 fully saturated rings. The molecule has 5 heteroatoms. The molecule has 0 amide bonds. The first-order valence-electron chi connectivity index (χ1n) is 4.77. The molecule has 0 aromatic carbocycles. The van der Waals surface area contributed by atoms with Crippen LogP contribution < -0.4 is 0 Å². The normalized spacial score (nSPS) is 25.1. The number of hydrogen-bond acceptors (Lipinski definition) is 4. The number of nitrogens with zero attached hydrogens (tertiary/aromatic N) is 1. The van der Waals surface area contributed by atoms with Crippen LogP contribution in [0.1, 0.15) is 24.3 Å². The molecule has 0 radical (unpaired) electrons. The number of aliphatic hydroxyl groups is 2. The van der Waals surface area contributed by atoms with Gasteiger partial charge in [-0.15, -0.1) is 0 Å². The van der Waals surface area contributed by atoms with Gasteiger partial charge in [0.25, 0.3) is 0 Å². The van der Waals surface area contributed by atoms with Crippen molar-refractivity contribution >= 4 is 11.8 Å². The van der Waals surface area contributed by atoms with Crippen LogP contribution in [0.25, 0.3) is 0 Å². The molecule has 2 heterocycles. The Balaban J connectivity index is 2.21. The lowest BCUT2D eigenvalue weighted by atomic mass is 9.93. The van der Waals surface area contributed by atoms with Gasteiger partial charge >= 0.3 is 0 Å². The van der Waals surface area contributed by atoms with E-state index in [-0.39, 0.29) is 12.3 Å². The van der Waals surface area contributed by atoms with Gasteiger partial charge < -0.3 is 10.2 Å². The second kappa shape index (κ2) is 4.08. The lowest BCUT2D eigenvalue weighted by Crippen LogP contribution is -2.31. The fourth-order valence-corrected chi connectivity index (χ4v) is 2.86. The highest BCUT2D eigenvalue weighted by Crippen LogP contribution is 2.40. The molecule has 0 spiro atoms. The standard InChI is InChI=1S/C10H12FNO2S/c11-9-8(2-1-4-12-9)7-3-5-15-10(13,14)6-7/h1-2,4,7,13-14H,3,5-6H2. The van der Waals surface area contributed by atoms with Crippen LogP contribution in [0.2, 0.25) is 0 Å². The Bertz CT molecular complexity index is 359. The third-order valence-corrected chi connectivity index (χ3v) is 3.61. The first-order valence-corrected chi connectivity index (χ1v) is 5.76. The molecule has 1 aliphatic heterocycles. The molecule has 1 aromatic heterocycles. The summed E-state index contributed by atoms with van der Waals surface area (Å²) in [5, 5.41) is 17.2. The summed E-state index contributed by atoms with van der Waals surface area (Å²) in [5.41, 5.74) is 0.477. The highest BCUT2D eigenvalue weighted by molar-refractivity contribution is 8.00. The van der Waals surface area contributed by atoms with E-state index in [9.17, 15) is 14.6 Å². The molecule has 3 nitrogen and oxygen atoms in total. The maximum atomic E-state index is 13.3. The van der Waals surface area contributed by atoms with Gasteiger partial charge in [-0.1, -0.05) is 17.8 Å². The van der Waals surface area contributed by atoms with E-state index in [1.807, 2.05) is 0 Å². The van der Waals surface area contributed by atoms with E-state index in [0.717, 1.165) is 18.2 Å². The molecule has 0 aliphatic carbocycles. The largest absolute Gasteiger partial charge is 0.357 e. The van der Waals surface area contributed by atoms with Crippen molar-refractivity contribution in [2.75, 3.05) is 5.75 Å². The van der Waals surface area contributed by atoms with Crippen LogP contribution in [0.5, 0.6) is 0 Å². The lowest BCUT2D eigenvalue weighted by molar-refractivity contribution is -0.0888. The maximum Gasteiger partial charge on any atom is 0.216 e. The molecule has 2 N–H and O–H groups in total. The average Bonchev–Trinajstić information content (AvgIpc) is 2.17. The van der Waals surface area contributed by atoms with Crippen molar-refractivity contribution in [2.45, 2.75) is 23.9 Å². The minimum atomic E-state index is -1.73. The number of aromatic nitrogens is 1. The van der Waals surface area contributed by atoms with Crippen LogP contribution in [0.4, 0.5) is 4.39 Å². The van der Waals surface area contributed by atoms with Gasteiger partial charge in [-0.05, 0) is 24.2 Å². The zero-order chi connectivity index (χ0) is 10.9. The molecular weight excluding hydrogens is 217 g/mol. The van der Waals surface area contributed by atoms with Crippen molar-refractivity contribution in [2.24, 2.45) is 0 Å². The van der Waals surface area contributed by atoms with Crippen LogP contribution >= 0.6 is 11.8 Å². The predicted molar refractivity (Wildman–Crippen MR) is 55.8 cm³/mol. The zero-order valence-electron chi connectivity index (χ0n) is 8.06. The van der Waals surface area contributed by atoms with Crippen LogP contribution in [0, 0.1) is 5.95 Å². The van der Waals surface area contributed by atoms with Crippen molar-refractivity contribution in [1.82, 2.24) is 4.98 Å². The Kier molecular flexibility index (Phi) is 2.95. The number of rotatable bonds is 1. The average molecular weight is 229 g/mol. The molecule has 82 valence electrons. The van der Waals surface area contributed by atoms with Crippen molar-refractivity contribution < 1.29 is 14.6 Å². The number of pyridine rings is 1. The fourth-order valence-electron chi connectivity index (χ4n) is 1.82. The Hall–Kier alpha value is -0.650. The highest BCUT2D eigenvalue weighted by Gasteiger charge is 2.34. The summed E-state index contributed by atoms with van der Waals surface area (Å²) in [6.45, 7) is 0. The van der Waals surface area contributed by atoms with Crippen molar-refractivity contribution in [3.8, 4) is 0 Å². The molecular formula is C10H12FNO2S. The van der Waals surface area contributed by atoms with Gasteiger partial charge in [0.1, 0.15) is 0 Å². The van der Waals surface area contributed by atoms with E-state index in [1.165, 1.54) is 6.20 Å². The summed E-state index contributed by atoms with van der Waals surface area (Å²) < 4.78 is 13.3. The first kappa shape index (κ1) is 10.9. The molecule has 15 heavy (non-hydrogen) atoms. The zero-order valence-corrected chi connectivity index (χ0v) is 8.88. The van der Waals surface area contributed by atoms with Crippen LogP contribution in [0.3, 0.4) is 0 Å². The first-order chi connectivity index (χ1) is 7.08. The topological polar surface area (TPSA) is 53.4 Å². The molecule has 1 unspecified atom stereocenters. The fraction of sp³-hybridized carbons (Fsp3) is 0.500. The van der Waals surface area contributed by atoms with Crippen molar-refractivity contribution in [1.29, 1.82) is 0 Å². The molecule has 0 saturated carbocycles. The second-order valence-electron chi connectivity index (χ2n) is 3.66. The molecule has 1 aliphatic rings. The number of hydrogen-bond donors (Lipinski definition) is 2. The second-order valence-corrected chi connectivity index (χ2v) is 5.02. The van der Waals surface area contributed by atoms with Gasteiger partial charge in [-0.25, -0.2) is 4.98 Å². The van der Waals surface area contributed by atoms with E-state index >= 15 is 0 Å². The Labute approximate surface area is 91.3 Å². The van der Waals surface area contributed by atoms with Crippen molar-refractivity contribution in [3.63, 3.8) is 0 Å². The lowest BCUT2D eigenvalue weighted by Gasteiger charge is -2.31. The SMILES string of the molecule is OC1(O)CC(c2cccnc2F)CCS1. The summed E-state index contributed by atoms with van der Waals surface area (Å²) in [7, 11) is 0. The van der Waals surface area contributed by atoms with Gasteiger partial charge in [0, 0.05) is 18.2 Å². The van der Waals surface area contributed by atoms with Gasteiger partial charge in [-0.2, -0.15) is 4.39 Å². The predicted octanol–water partition coefficient (Wildman–Crippen LogP) is 1.47. The van der Waals surface area contributed by atoms with Crippen LogP contribution in [-0.2, 0) is 0 Å². The minimum Gasteiger partial charge on any atom is -0.357 e. The summed E-state index contributed by atoms with van der Waals surface area (Å²) >= 11 is 1.09. The smallest absolute Gasteiger partial charge is 0.216 e. The Morgan fingerprint density at radius 3 is 3.00 bits per heavy atom. The van der Waals surface area contributed by atoms with E-state index in [2.05, 4.69) is 4.98 Å². The van der Waals surface area contributed by atoms with E-state index < -0.39 is 11.1 Å². The van der Waals surface area contributed by atoms with Gasteiger partial charge in [0.05, 0.1) is 0 Å². The Morgan fingerprint density at radius 2 is 2.33 bits per heavy atom. The van der Waals surface area contributed by atoms with Gasteiger partial charge in [-0.3, -0.25) is 0 Å². The summed E-state index contributed by atoms with van der Waals surface area (Å²) in [6.07, 6.45) is 2.29. The maximum absolute atomic E-state index is 13.3. The van der Waals surface area contributed by atoms with E-state index in [0.29, 0.717) is 11.3 Å².